The van der Waals surface area contributed by atoms with E-state index >= 15 is 0 Å². The molecule has 2 N–H and O–H groups in total. The van der Waals surface area contributed by atoms with Crippen molar-refractivity contribution in [3.05, 3.63) is 46.8 Å². The molecule has 0 unspecified atom stereocenters. The Balaban J connectivity index is 1.52. The van der Waals surface area contributed by atoms with E-state index < -0.39 is 0 Å². The number of nitrogens with zero attached hydrogens (tertiary/aromatic N) is 3. The molecule has 0 aliphatic heterocycles. The van der Waals surface area contributed by atoms with Crippen LogP contribution in [-0.4, -0.2) is 21.9 Å². The van der Waals surface area contributed by atoms with E-state index in [4.69, 9.17) is 5.26 Å². The minimum absolute atomic E-state index is 0.173. The van der Waals surface area contributed by atoms with E-state index in [1.807, 2.05) is 12.1 Å². The summed E-state index contributed by atoms with van der Waals surface area (Å²) < 4.78 is 0.707. The third-order valence-corrected chi connectivity index (χ3v) is 6.40. The topological polar surface area (TPSA) is 90.7 Å². The first-order valence-corrected chi connectivity index (χ1v) is 10.8. The van der Waals surface area contributed by atoms with Gasteiger partial charge in [-0.3, -0.25) is 4.79 Å². The van der Waals surface area contributed by atoms with Crippen molar-refractivity contribution < 1.29 is 4.79 Å². The highest BCUT2D eigenvalue weighted by atomic mass is 32.2. The number of anilines is 3. The SMILES string of the molecule is CC(C)c1ccc(Nc2nnc(SCC(=O)Nc3sccc3C#N)s2)cc1. The first-order valence-electron chi connectivity index (χ1n) is 8.16. The number of benzene rings is 1. The highest BCUT2D eigenvalue weighted by Gasteiger charge is 2.11. The molecular weight excluding hydrogens is 398 g/mol. The highest BCUT2D eigenvalue weighted by molar-refractivity contribution is 8.01. The number of thioether (sulfide) groups is 1. The van der Waals surface area contributed by atoms with Crippen LogP contribution in [0, 0.1) is 11.3 Å². The van der Waals surface area contributed by atoms with Crippen LogP contribution in [0.25, 0.3) is 0 Å². The molecule has 0 atom stereocenters. The van der Waals surface area contributed by atoms with E-state index in [0.717, 1.165) is 5.69 Å². The Labute approximate surface area is 169 Å². The number of thiophene rings is 1. The summed E-state index contributed by atoms with van der Waals surface area (Å²) >= 11 is 4.04. The van der Waals surface area contributed by atoms with Crippen molar-refractivity contribution >= 4 is 56.2 Å². The zero-order chi connectivity index (χ0) is 19.2. The van der Waals surface area contributed by atoms with Crippen molar-refractivity contribution in [3.63, 3.8) is 0 Å². The minimum atomic E-state index is -0.173. The molecule has 1 amide bonds. The van der Waals surface area contributed by atoms with E-state index in [0.29, 0.717) is 26.0 Å². The fraction of sp³-hybridized carbons (Fsp3) is 0.222. The number of nitriles is 1. The number of hydrogen-bond acceptors (Lipinski definition) is 8. The Morgan fingerprint density at radius 3 is 2.74 bits per heavy atom. The van der Waals surface area contributed by atoms with Gasteiger partial charge in [0.15, 0.2) is 4.34 Å². The second kappa shape index (κ2) is 8.99. The van der Waals surface area contributed by atoms with Crippen molar-refractivity contribution in [2.75, 3.05) is 16.4 Å². The van der Waals surface area contributed by atoms with Crippen LogP contribution < -0.4 is 10.6 Å². The van der Waals surface area contributed by atoms with Gasteiger partial charge in [0.05, 0.1) is 11.3 Å². The second-order valence-corrected chi connectivity index (χ2v) is 9.00. The molecule has 138 valence electrons. The van der Waals surface area contributed by atoms with Gasteiger partial charge in [0.25, 0.3) is 0 Å². The third kappa shape index (κ3) is 5.29. The summed E-state index contributed by atoms with van der Waals surface area (Å²) in [4.78, 5) is 12.0. The molecule has 9 heteroatoms. The van der Waals surface area contributed by atoms with Crippen molar-refractivity contribution in [1.29, 1.82) is 5.26 Å². The second-order valence-electron chi connectivity index (χ2n) is 5.89. The molecular formula is C18H17N5OS3. The smallest absolute Gasteiger partial charge is 0.235 e. The van der Waals surface area contributed by atoms with Gasteiger partial charge in [0, 0.05) is 5.69 Å². The predicted octanol–water partition coefficient (Wildman–Crippen LogP) is 5.07. The lowest BCUT2D eigenvalue weighted by Gasteiger charge is -2.06. The lowest BCUT2D eigenvalue weighted by atomic mass is 10.0. The van der Waals surface area contributed by atoms with E-state index in [9.17, 15) is 4.79 Å². The van der Waals surface area contributed by atoms with Gasteiger partial charge in [-0.2, -0.15) is 5.26 Å². The van der Waals surface area contributed by atoms with Crippen LogP contribution >= 0.6 is 34.4 Å². The van der Waals surface area contributed by atoms with Crippen LogP contribution in [0.2, 0.25) is 0 Å². The van der Waals surface area contributed by atoms with Gasteiger partial charge in [0.2, 0.25) is 11.0 Å². The summed E-state index contributed by atoms with van der Waals surface area (Å²) in [5.74, 6) is 0.529. The van der Waals surface area contributed by atoms with Gasteiger partial charge in [-0.05, 0) is 35.1 Å². The Bertz CT molecular complexity index is 956. The maximum absolute atomic E-state index is 12.0. The van der Waals surface area contributed by atoms with E-state index in [1.54, 1.807) is 11.4 Å². The number of hydrogen-bond donors (Lipinski definition) is 2. The molecule has 0 radical (unpaired) electrons. The minimum Gasteiger partial charge on any atom is -0.330 e. The average molecular weight is 416 g/mol. The van der Waals surface area contributed by atoms with Gasteiger partial charge in [-0.1, -0.05) is 49.1 Å². The Morgan fingerprint density at radius 1 is 1.26 bits per heavy atom. The van der Waals surface area contributed by atoms with Crippen LogP contribution in [0.15, 0.2) is 40.1 Å². The number of carbonyl (C=O) groups is 1. The zero-order valence-electron chi connectivity index (χ0n) is 14.7. The maximum Gasteiger partial charge on any atom is 0.235 e. The van der Waals surface area contributed by atoms with Crippen molar-refractivity contribution in [3.8, 4) is 6.07 Å². The lowest BCUT2D eigenvalue weighted by molar-refractivity contribution is -0.113. The molecule has 0 aliphatic rings. The molecule has 1 aromatic carbocycles. The van der Waals surface area contributed by atoms with E-state index in [-0.39, 0.29) is 11.7 Å². The van der Waals surface area contributed by atoms with Crippen molar-refractivity contribution in [2.45, 2.75) is 24.1 Å². The van der Waals surface area contributed by atoms with Gasteiger partial charge in [-0.25, -0.2) is 0 Å². The number of amides is 1. The summed E-state index contributed by atoms with van der Waals surface area (Å²) in [5.41, 5.74) is 2.71. The van der Waals surface area contributed by atoms with Gasteiger partial charge in [0.1, 0.15) is 11.1 Å². The molecule has 3 aromatic rings. The van der Waals surface area contributed by atoms with Crippen LogP contribution in [0.4, 0.5) is 15.8 Å². The standard InChI is InChI=1S/C18H17N5OS3/c1-11(2)12-3-5-14(6-4-12)20-17-22-23-18(27-17)26-10-15(24)21-16-13(9-19)7-8-25-16/h3-8,11H,10H2,1-2H3,(H,20,22)(H,21,24). The Morgan fingerprint density at radius 2 is 2.04 bits per heavy atom. The zero-order valence-corrected chi connectivity index (χ0v) is 17.2. The normalized spacial score (nSPS) is 10.6. The predicted molar refractivity (Wildman–Crippen MR) is 112 cm³/mol. The molecule has 0 bridgehead atoms. The monoisotopic (exact) mass is 415 g/mol. The first-order chi connectivity index (χ1) is 13.0. The molecule has 2 heterocycles. The number of rotatable bonds is 7. The first kappa shape index (κ1) is 19.4. The van der Waals surface area contributed by atoms with Crippen LogP contribution in [0.3, 0.4) is 0 Å². The lowest BCUT2D eigenvalue weighted by Crippen LogP contribution is -2.13. The third-order valence-electron chi connectivity index (χ3n) is 3.60. The van der Waals surface area contributed by atoms with E-state index in [1.165, 1.54) is 40.0 Å². The highest BCUT2D eigenvalue weighted by Crippen LogP contribution is 2.29. The van der Waals surface area contributed by atoms with Crippen molar-refractivity contribution in [1.82, 2.24) is 10.2 Å². The summed E-state index contributed by atoms with van der Waals surface area (Å²) in [6.07, 6.45) is 0. The van der Waals surface area contributed by atoms with Gasteiger partial charge >= 0.3 is 0 Å². The van der Waals surface area contributed by atoms with Crippen LogP contribution in [-0.2, 0) is 4.79 Å². The Hall–Kier alpha value is -2.41. The fourth-order valence-electron chi connectivity index (χ4n) is 2.18. The molecule has 0 saturated heterocycles. The molecule has 0 saturated carbocycles. The quantitative estimate of drug-likeness (QED) is 0.524. The van der Waals surface area contributed by atoms with Crippen LogP contribution in [0.5, 0.6) is 0 Å². The molecule has 6 nitrogen and oxygen atoms in total. The molecule has 0 fully saturated rings. The summed E-state index contributed by atoms with van der Waals surface area (Å²) in [6.45, 7) is 4.32. The summed E-state index contributed by atoms with van der Waals surface area (Å²) in [7, 11) is 0. The van der Waals surface area contributed by atoms with E-state index in [2.05, 4.69) is 52.9 Å². The number of carbonyl (C=O) groups excluding carboxylic acids is 1. The fourth-order valence-corrected chi connectivity index (χ4v) is 4.50. The van der Waals surface area contributed by atoms with Gasteiger partial charge in [-0.15, -0.1) is 21.5 Å². The molecule has 27 heavy (non-hydrogen) atoms. The maximum atomic E-state index is 12.0. The largest absolute Gasteiger partial charge is 0.330 e. The summed E-state index contributed by atoms with van der Waals surface area (Å²) in [6, 6.07) is 12.0. The molecule has 3 rings (SSSR count). The average Bonchev–Trinajstić information content (AvgIpc) is 3.29. The Kier molecular flexibility index (Phi) is 6.45. The van der Waals surface area contributed by atoms with Gasteiger partial charge < -0.3 is 10.6 Å². The molecule has 0 spiro atoms. The number of nitrogens with one attached hydrogen (secondary N) is 2. The van der Waals surface area contributed by atoms with Crippen LogP contribution in [0.1, 0.15) is 30.9 Å². The number of aromatic nitrogens is 2. The summed E-state index contributed by atoms with van der Waals surface area (Å²) in [5, 5.41) is 26.2. The molecule has 2 aromatic heterocycles. The molecule has 0 aliphatic carbocycles. The van der Waals surface area contributed by atoms with Crippen molar-refractivity contribution in [2.24, 2.45) is 0 Å².